The highest BCUT2D eigenvalue weighted by Crippen LogP contribution is 2.41. The molecule has 2 heterocycles. The molecule has 0 spiro atoms. The minimum absolute atomic E-state index is 0.259. The molecule has 2 aromatic rings. The third-order valence-electron chi connectivity index (χ3n) is 5.89. The summed E-state index contributed by atoms with van der Waals surface area (Å²) in [7, 11) is 0. The number of imidazole rings is 1. The Balaban J connectivity index is 1.40. The van der Waals surface area contributed by atoms with E-state index in [1.165, 1.54) is 12.8 Å². The molecule has 0 bridgehead atoms. The number of aromatic nitrogens is 2. The first-order valence-corrected chi connectivity index (χ1v) is 9.17. The number of nitrogens with zero attached hydrogens (tertiary/aromatic N) is 3. The van der Waals surface area contributed by atoms with Gasteiger partial charge in [0.2, 0.25) is 5.91 Å². The highest BCUT2D eigenvalue weighted by Gasteiger charge is 2.36. The van der Waals surface area contributed by atoms with Gasteiger partial charge in [-0.15, -0.1) is 0 Å². The van der Waals surface area contributed by atoms with E-state index in [0.717, 1.165) is 42.8 Å². The van der Waals surface area contributed by atoms with Crippen molar-refractivity contribution >= 4 is 16.9 Å². The summed E-state index contributed by atoms with van der Waals surface area (Å²) < 4.78 is 2.18. The van der Waals surface area contributed by atoms with Gasteiger partial charge < -0.3 is 9.47 Å². The second kappa shape index (κ2) is 5.47. The molecule has 2 aliphatic carbocycles. The van der Waals surface area contributed by atoms with Gasteiger partial charge in [-0.25, -0.2) is 4.98 Å². The summed E-state index contributed by atoms with van der Waals surface area (Å²) in [6, 6.07) is 8.21. The predicted molar refractivity (Wildman–Crippen MR) is 93.6 cm³/mol. The molecule has 1 aromatic carbocycles. The molecule has 1 saturated carbocycles. The van der Waals surface area contributed by atoms with Crippen LogP contribution in [0.25, 0.3) is 11.0 Å². The van der Waals surface area contributed by atoms with Gasteiger partial charge in [-0.05, 0) is 49.7 Å². The molecule has 2 fully saturated rings. The molecular formula is C20H23N3O. The number of rotatable bonds is 3. The van der Waals surface area contributed by atoms with Crippen molar-refractivity contribution in [3.63, 3.8) is 0 Å². The standard InChI is InChI=1S/C20H23N3O/c24-19(22-11-15-5-1-2-6-16(15)12-22)13-23-18-8-4-3-7-17(18)21-20(23)14-9-10-14/h1-4,7-8,14-16H,5-6,9-13H2/t15-,16+. The Morgan fingerprint density at radius 3 is 2.50 bits per heavy atom. The average Bonchev–Trinajstić information content (AvgIpc) is 3.25. The zero-order valence-corrected chi connectivity index (χ0v) is 13.9. The largest absolute Gasteiger partial charge is 0.341 e. The highest BCUT2D eigenvalue weighted by molar-refractivity contribution is 5.81. The van der Waals surface area contributed by atoms with Gasteiger partial charge in [0.1, 0.15) is 12.4 Å². The smallest absolute Gasteiger partial charge is 0.242 e. The Kier molecular flexibility index (Phi) is 3.25. The number of fused-ring (bicyclic) bond motifs is 2. The van der Waals surface area contributed by atoms with E-state index in [1.807, 2.05) is 12.1 Å². The van der Waals surface area contributed by atoms with Crippen molar-refractivity contribution in [3.8, 4) is 0 Å². The Hall–Kier alpha value is -2.10. The molecule has 0 N–H and O–H groups in total. The summed E-state index contributed by atoms with van der Waals surface area (Å²) in [5.41, 5.74) is 2.12. The summed E-state index contributed by atoms with van der Waals surface area (Å²) in [5.74, 6) is 3.26. The lowest BCUT2D eigenvalue weighted by molar-refractivity contribution is -0.131. The molecule has 4 heteroatoms. The fraction of sp³-hybridized carbons (Fsp3) is 0.500. The van der Waals surface area contributed by atoms with Crippen molar-refractivity contribution in [3.05, 3.63) is 42.2 Å². The third kappa shape index (κ3) is 2.36. The van der Waals surface area contributed by atoms with Crippen LogP contribution in [-0.4, -0.2) is 33.4 Å². The van der Waals surface area contributed by atoms with E-state index in [2.05, 4.69) is 33.8 Å². The number of hydrogen-bond donors (Lipinski definition) is 0. The summed E-state index contributed by atoms with van der Waals surface area (Å²) >= 11 is 0. The lowest BCUT2D eigenvalue weighted by atomic mass is 9.86. The highest BCUT2D eigenvalue weighted by atomic mass is 16.2. The minimum Gasteiger partial charge on any atom is -0.341 e. The molecular weight excluding hydrogens is 298 g/mol. The van der Waals surface area contributed by atoms with Gasteiger partial charge in [-0.1, -0.05) is 24.3 Å². The first kappa shape index (κ1) is 14.3. The molecule has 5 rings (SSSR count). The first-order valence-electron chi connectivity index (χ1n) is 9.17. The maximum atomic E-state index is 13.0. The maximum absolute atomic E-state index is 13.0. The Bertz CT molecular complexity index is 801. The third-order valence-corrected chi connectivity index (χ3v) is 5.89. The van der Waals surface area contributed by atoms with E-state index in [9.17, 15) is 4.79 Å². The fourth-order valence-corrected chi connectivity index (χ4v) is 4.37. The Morgan fingerprint density at radius 1 is 1.08 bits per heavy atom. The van der Waals surface area contributed by atoms with Crippen LogP contribution in [0.3, 0.4) is 0 Å². The van der Waals surface area contributed by atoms with Gasteiger partial charge in [0.15, 0.2) is 0 Å². The Labute approximate surface area is 142 Å². The average molecular weight is 321 g/mol. The van der Waals surface area contributed by atoms with Crippen LogP contribution in [0.4, 0.5) is 0 Å². The van der Waals surface area contributed by atoms with Crippen LogP contribution >= 0.6 is 0 Å². The molecule has 2 atom stereocenters. The van der Waals surface area contributed by atoms with Crippen molar-refractivity contribution in [1.29, 1.82) is 0 Å². The molecule has 0 unspecified atom stereocenters. The minimum atomic E-state index is 0.259. The lowest BCUT2D eigenvalue weighted by Crippen LogP contribution is -2.32. The quantitative estimate of drug-likeness (QED) is 0.813. The number of para-hydroxylation sites is 2. The van der Waals surface area contributed by atoms with Crippen LogP contribution in [0.15, 0.2) is 36.4 Å². The number of carbonyl (C=O) groups excluding carboxylic acids is 1. The van der Waals surface area contributed by atoms with Crippen molar-refractivity contribution in [2.24, 2.45) is 11.8 Å². The van der Waals surface area contributed by atoms with Gasteiger partial charge in [0.05, 0.1) is 11.0 Å². The molecule has 1 amide bonds. The lowest BCUT2D eigenvalue weighted by Gasteiger charge is -2.18. The van der Waals surface area contributed by atoms with Gasteiger partial charge in [-0.2, -0.15) is 0 Å². The van der Waals surface area contributed by atoms with Crippen LogP contribution in [-0.2, 0) is 11.3 Å². The number of carbonyl (C=O) groups is 1. The summed E-state index contributed by atoms with van der Waals surface area (Å²) in [6.07, 6.45) is 9.24. The van der Waals surface area contributed by atoms with E-state index in [4.69, 9.17) is 4.98 Å². The molecule has 4 nitrogen and oxygen atoms in total. The molecule has 124 valence electrons. The second-order valence-electron chi connectivity index (χ2n) is 7.58. The van der Waals surface area contributed by atoms with E-state index >= 15 is 0 Å². The summed E-state index contributed by atoms with van der Waals surface area (Å²) in [6.45, 7) is 2.30. The SMILES string of the molecule is O=C(Cn1c(C2CC2)nc2ccccc21)N1C[C@H]2CC=CC[C@H]2C1. The van der Waals surface area contributed by atoms with Gasteiger partial charge in [-0.3, -0.25) is 4.79 Å². The first-order chi connectivity index (χ1) is 11.8. The van der Waals surface area contributed by atoms with Crippen LogP contribution < -0.4 is 0 Å². The van der Waals surface area contributed by atoms with E-state index < -0.39 is 0 Å². The number of allylic oxidation sites excluding steroid dienone is 2. The molecule has 24 heavy (non-hydrogen) atoms. The zero-order chi connectivity index (χ0) is 16.1. The predicted octanol–water partition coefficient (Wildman–Crippen LogP) is 3.34. The molecule has 1 aromatic heterocycles. The van der Waals surface area contributed by atoms with Gasteiger partial charge in [0, 0.05) is 19.0 Å². The van der Waals surface area contributed by atoms with Crippen LogP contribution in [0.5, 0.6) is 0 Å². The number of amides is 1. The molecule has 0 radical (unpaired) electrons. The summed E-state index contributed by atoms with van der Waals surface area (Å²) in [4.78, 5) is 19.9. The monoisotopic (exact) mass is 321 g/mol. The van der Waals surface area contributed by atoms with Crippen molar-refractivity contribution < 1.29 is 4.79 Å². The van der Waals surface area contributed by atoms with Crippen molar-refractivity contribution in [1.82, 2.24) is 14.5 Å². The number of likely N-dealkylation sites (tertiary alicyclic amines) is 1. The summed E-state index contributed by atoms with van der Waals surface area (Å²) in [5, 5.41) is 0. The second-order valence-corrected chi connectivity index (χ2v) is 7.58. The van der Waals surface area contributed by atoms with Gasteiger partial charge >= 0.3 is 0 Å². The normalized spacial score (nSPS) is 26.1. The van der Waals surface area contributed by atoms with Crippen LogP contribution in [0.2, 0.25) is 0 Å². The number of hydrogen-bond acceptors (Lipinski definition) is 2. The van der Waals surface area contributed by atoms with Crippen LogP contribution in [0.1, 0.15) is 37.4 Å². The van der Waals surface area contributed by atoms with E-state index in [0.29, 0.717) is 24.3 Å². The molecule has 1 saturated heterocycles. The topological polar surface area (TPSA) is 38.1 Å². The van der Waals surface area contributed by atoms with Crippen molar-refractivity contribution in [2.75, 3.05) is 13.1 Å². The zero-order valence-electron chi connectivity index (χ0n) is 13.9. The van der Waals surface area contributed by atoms with E-state index in [1.54, 1.807) is 0 Å². The van der Waals surface area contributed by atoms with Gasteiger partial charge in [0.25, 0.3) is 0 Å². The fourth-order valence-electron chi connectivity index (χ4n) is 4.37. The molecule has 1 aliphatic heterocycles. The number of benzene rings is 1. The Morgan fingerprint density at radius 2 is 1.79 bits per heavy atom. The maximum Gasteiger partial charge on any atom is 0.242 e. The van der Waals surface area contributed by atoms with E-state index in [-0.39, 0.29) is 5.91 Å². The van der Waals surface area contributed by atoms with Crippen LogP contribution in [0, 0.1) is 11.8 Å². The van der Waals surface area contributed by atoms with Crippen molar-refractivity contribution in [2.45, 2.75) is 38.1 Å². The molecule has 3 aliphatic rings.